The lowest BCUT2D eigenvalue weighted by atomic mass is 10.0. The number of pyridine rings is 1. The maximum Gasteiger partial charge on any atom is 0.278 e. The predicted molar refractivity (Wildman–Crippen MR) is 139 cm³/mol. The Hall–Kier alpha value is -4.79. The highest BCUT2D eigenvalue weighted by Crippen LogP contribution is 2.28. The highest BCUT2D eigenvalue weighted by molar-refractivity contribution is 6.15. The van der Waals surface area contributed by atoms with Gasteiger partial charge in [0.2, 0.25) is 0 Å². The second-order valence-electron chi connectivity index (χ2n) is 8.36. The summed E-state index contributed by atoms with van der Waals surface area (Å²) in [5.74, 6) is -0.768. The van der Waals surface area contributed by atoms with Gasteiger partial charge in [-0.15, -0.1) is 0 Å². The maximum absolute atomic E-state index is 13.6. The number of benzene rings is 2. The van der Waals surface area contributed by atoms with E-state index in [1.165, 1.54) is 0 Å². The third-order valence-corrected chi connectivity index (χ3v) is 6.05. The summed E-state index contributed by atoms with van der Waals surface area (Å²) >= 11 is 0. The number of nitrogens with zero attached hydrogens (tertiary/aromatic N) is 5. The minimum Gasteiger partial charge on any atom is -0.321 e. The number of nitrogens with one attached hydrogen (secondary N) is 2. The average molecular weight is 480 g/mol. The molecule has 2 amide bonds. The van der Waals surface area contributed by atoms with Crippen molar-refractivity contribution in [3.8, 4) is 11.3 Å². The van der Waals surface area contributed by atoms with Gasteiger partial charge in [-0.25, -0.2) is 4.98 Å². The zero-order chi connectivity index (χ0) is 25.2. The summed E-state index contributed by atoms with van der Waals surface area (Å²) in [4.78, 5) is 31.4. The largest absolute Gasteiger partial charge is 0.321 e. The lowest BCUT2D eigenvalue weighted by Crippen LogP contribution is -2.18. The SMILES string of the molecule is CCn1cc(NC(=O)c2cc(-c3cnn(C)c3C)nc3ccccc23)c(C(=O)Nc2ccccc2)n1. The number of hydrogen-bond acceptors (Lipinski definition) is 5. The van der Waals surface area contributed by atoms with Gasteiger partial charge < -0.3 is 10.6 Å². The van der Waals surface area contributed by atoms with Crippen LogP contribution < -0.4 is 10.6 Å². The molecule has 0 aliphatic rings. The van der Waals surface area contributed by atoms with E-state index in [9.17, 15) is 9.59 Å². The summed E-state index contributed by atoms with van der Waals surface area (Å²) in [6.45, 7) is 4.41. The zero-order valence-electron chi connectivity index (χ0n) is 20.2. The number of anilines is 2. The third-order valence-electron chi connectivity index (χ3n) is 6.05. The van der Waals surface area contributed by atoms with Crippen molar-refractivity contribution < 1.29 is 9.59 Å². The van der Waals surface area contributed by atoms with Crippen LogP contribution in [0.15, 0.2) is 73.1 Å². The molecule has 0 spiro atoms. The molecule has 0 bridgehead atoms. The van der Waals surface area contributed by atoms with Crippen molar-refractivity contribution >= 4 is 34.1 Å². The molecule has 2 N–H and O–H groups in total. The summed E-state index contributed by atoms with van der Waals surface area (Å²) < 4.78 is 3.38. The number of para-hydroxylation sites is 2. The Morgan fingerprint density at radius 2 is 1.72 bits per heavy atom. The second-order valence-corrected chi connectivity index (χ2v) is 8.36. The standard InChI is InChI=1S/C27H25N7O2/c1-4-34-16-24(25(32-34)27(36)29-18-10-6-5-7-11-18)31-26(35)20-14-23(21-15-28-33(3)17(21)2)30-22-13-9-8-12-19(20)22/h5-16H,4H2,1-3H3,(H,29,36)(H,31,35). The molecule has 2 aromatic carbocycles. The van der Waals surface area contributed by atoms with Crippen LogP contribution in [0.2, 0.25) is 0 Å². The lowest BCUT2D eigenvalue weighted by Gasteiger charge is -2.11. The van der Waals surface area contributed by atoms with E-state index in [1.807, 2.05) is 63.4 Å². The summed E-state index contributed by atoms with van der Waals surface area (Å²) in [5.41, 5.74) is 4.67. The van der Waals surface area contributed by atoms with Gasteiger partial charge in [0.25, 0.3) is 11.8 Å². The molecule has 5 aromatic rings. The molecule has 180 valence electrons. The maximum atomic E-state index is 13.6. The van der Waals surface area contributed by atoms with Gasteiger partial charge in [0.15, 0.2) is 5.69 Å². The molecule has 0 unspecified atom stereocenters. The summed E-state index contributed by atoms with van der Waals surface area (Å²) in [5, 5.41) is 15.1. The first-order chi connectivity index (χ1) is 17.4. The van der Waals surface area contributed by atoms with Crippen LogP contribution in [-0.2, 0) is 13.6 Å². The normalized spacial score (nSPS) is 11.0. The summed E-state index contributed by atoms with van der Waals surface area (Å²) in [6.07, 6.45) is 3.40. The van der Waals surface area contributed by atoms with E-state index < -0.39 is 5.91 Å². The van der Waals surface area contributed by atoms with Crippen molar-refractivity contribution in [2.45, 2.75) is 20.4 Å². The number of aromatic nitrogens is 5. The zero-order valence-corrected chi connectivity index (χ0v) is 20.2. The molecular formula is C27H25N7O2. The summed E-state index contributed by atoms with van der Waals surface area (Å²) in [7, 11) is 1.86. The quantitative estimate of drug-likeness (QED) is 0.368. The first-order valence-corrected chi connectivity index (χ1v) is 11.6. The van der Waals surface area contributed by atoms with Crippen LogP contribution in [0.5, 0.6) is 0 Å². The Kier molecular flexibility index (Phi) is 6.03. The monoisotopic (exact) mass is 479 g/mol. The predicted octanol–water partition coefficient (Wildman–Crippen LogP) is 4.66. The van der Waals surface area contributed by atoms with Gasteiger partial charge >= 0.3 is 0 Å². The number of amides is 2. The number of aryl methyl sites for hydroxylation is 2. The third kappa shape index (κ3) is 4.34. The number of rotatable bonds is 6. The first-order valence-electron chi connectivity index (χ1n) is 11.6. The molecular weight excluding hydrogens is 454 g/mol. The van der Waals surface area contributed by atoms with Gasteiger partial charge in [-0.2, -0.15) is 10.2 Å². The molecule has 0 atom stereocenters. The van der Waals surface area contributed by atoms with Gasteiger partial charge in [0, 0.05) is 42.1 Å². The van der Waals surface area contributed by atoms with E-state index in [2.05, 4.69) is 20.8 Å². The Morgan fingerprint density at radius 1 is 0.972 bits per heavy atom. The fraction of sp³-hybridized carbons (Fsp3) is 0.148. The van der Waals surface area contributed by atoms with Crippen molar-refractivity contribution in [3.63, 3.8) is 0 Å². The number of fused-ring (bicyclic) bond motifs is 1. The molecule has 0 aliphatic heterocycles. The van der Waals surface area contributed by atoms with Crippen LogP contribution in [0, 0.1) is 6.92 Å². The van der Waals surface area contributed by atoms with Gasteiger partial charge in [-0.05, 0) is 38.1 Å². The lowest BCUT2D eigenvalue weighted by molar-refractivity contribution is 0.102. The highest BCUT2D eigenvalue weighted by Gasteiger charge is 2.22. The minimum atomic E-state index is -0.407. The molecule has 3 aromatic heterocycles. The van der Waals surface area contributed by atoms with Crippen LogP contribution >= 0.6 is 0 Å². The molecule has 3 heterocycles. The van der Waals surface area contributed by atoms with E-state index in [4.69, 9.17) is 4.98 Å². The Balaban J connectivity index is 1.52. The molecule has 5 rings (SSSR count). The van der Waals surface area contributed by atoms with Crippen LogP contribution in [0.3, 0.4) is 0 Å². The van der Waals surface area contributed by atoms with Crippen LogP contribution in [0.4, 0.5) is 11.4 Å². The molecule has 9 nitrogen and oxygen atoms in total. The van der Waals surface area contributed by atoms with Crippen molar-refractivity contribution in [1.29, 1.82) is 0 Å². The molecule has 36 heavy (non-hydrogen) atoms. The van der Waals surface area contributed by atoms with E-state index in [-0.39, 0.29) is 11.6 Å². The minimum absolute atomic E-state index is 0.135. The fourth-order valence-corrected chi connectivity index (χ4v) is 4.00. The van der Waals surface area contributed by atoms with Gasteiger partial charge in [-0.3, -0.25) is 19.0 Å². The number of carbonyl (C=O) groups is 2. The number of carbonyl (C=O) groups excluding carboxylic acids is 2. The van der Waals surface area contributed by atoms with Crippen molar-refractivity contribution in [3.05, 3.63) is 90.0 Å². The molecule has 0 aliphatic carbocycles. The topological polar surface area (TPSA) is 107 Å². The molecule has 0 radical (unpaired) electrons. The van der Waals surface area contributed by atoms with Crippen molar-refractivity contribution in [2.75, 3.05) is 10.6 Å². The van der Waals surface area contributed by atoms with Crippen LogP contribution in [0.25, 0.3) is 22.2 Å². The van der Waals surface area contributed by atoms with E-state index in [1.54, 1.807) is 40.0 Å². The second kappa shape index (κ2) is 9.46. The smallest absolute Gasteiger partial charge is 0.278 e. The van der Waals surface area contributed by atoms with Gasteiger partial charge in [-0.1, -0.05) is 36.4 Å². The first kappa shape index (κ1) is 23.0. The van der Waals surface area contributed by atoms with E-state index in [0.29, 0.717) is 40.1 Å². The fourth-order valence-electron chi connectivity index (χ4n) is 4.00. The van der Waals surface area contributed by atoms with Gasteiger partial charge in [0.1, 0.15) is 0 Å². The molecule has 0 fully saturated rings. The summed E-state index contributed by atoms with van der Waals surface area (Å²) in [6, 6.07) is 18.3. The Bertz CT molecular complexity index is 1580. The Labute approximate surface area is 207 Å². The van der Waals surface area contributed by atoms with E-state index >= 15 is 0 Å². The Morgan fingerprint density at radius 3 is 2.44 bits per heavy atom. The molecule has 9 heteroatoms. The average Bonchev–Trinajstić information content (AvgIpc) is 3.46. The van der Waals surface area contributed by atoms with E-state index in [0.717, 1.165) is 11.3 Å². The van der Waals surface area contributed by atoms with Crippen molar-refractivity contribution in [1.82, 2.24) is 24.5 Å². The van der Waals surface area contributed by atoms with Crippen molar-refractivity contribution in [2.24, 2.45) is 7.05 Å². The number of hydrogen-bond donors (Lipinski definition) is 2. The highest BCUT2D eigenvalue weighted by atomic mass is 16.2. The van der Waals surface area contributed by atoms with Crippen LogP contribution in [-0.4, -0.2) is 36.4 Å². The molecule has 0 saturated carbocycles. The van der Waals surface area contributed by atoms with Gasteiger partial charge in [0.05, 0.1) is 28.7 Å². The van der Waals surface area contributed by atoms with Crippen LogP contribution in [0.1, 0.15) is 33.5 Å². The molecule has 0 saturated heterocycles.